The van der Waals surface area contributed by atoms with E-state index in [9.17, 15) is 22.3 Å². The Morgan fingerprint density at radius 1 is 1.07 bits per heavy atom. The molecular weight excluding hydrogens is 555 g/mol. The summed E-state index contributed by atoms with van der Waals surface area (Å²) in [7, 11) is -2.40. The number of nitrogens with zero attached hydrogens (tertiary/aromatic N) is 3. The minimum atomic E-state index is -4.47. The van der Waals surface area contributed by atoms with E-state index in [0.717, 1.165) is 50.2 Å². The van der Waals surface area contributed by atoms with E-state index in [2.05, 4.69) is 32.0 Å². The molecule has 2 atom stereocenters. The lowest BCUT2D eigenvalue weighted by Crippen LogP contribution is -2.40. The van der Waals surface area contributed by atoms with Gasteiger partial charge in [0.2, 0.25) is 5.95 Å². The number of nitrogens with one attached hydrogen (secondary N) is 2. The van der Waals surface area contributed by atoms with Crippen LogP contribution < -0.4 is 10.0 Å². The second-order valence-electron chi connectivity index (χ2n) is 10.6. The molecule has 0 saturated carbocycles. The Morgan fingerprint density at radius 2 is 1.90 bits per heavy atom. The Balaban J connectivity index is 1.30. The molecule has 2 heterocycles. The van der Waals surface area contributed by atoms with Gasteiger partial charge >= 0.3 is 0 Å². The SMILES string of the molecule is CN1CCCC(Nc2ncc3cc(-c4c(F)ccc(NS(=O)(=O)c5cc(F)cc6c5CCC6O)c4F)ccc3n2)C1. The molecule has 1 fully saturated rings. The van der Waals surface area contributed by atoms with Gasteiger partial charge in [0, 0.05) is 24.2 Å². The summed E-state index contributed by atoms with van der Waals surface area (Å²) in [6.07, 6.45) is 3.14. The molecule has 4 aromatic rings. The van der Waals surface area contributed by atoms with Crippen LogP contribution in [0.25, 0.3) is 22.0 Å². The molecular formula is C29H28F3N5O3S. The number of hydrogen-bond acceptors (Lipinski definition) is 7. The number of aliphatic hydroxyl groups is 1. The molecule has 2 aliphatic rings. The summed E-state index contributed by atoms with van der Waals surface area (Å²) < 4.78 is 73.5. The maximum atomic E-state index is 15.7. The molecule has 0 bridgehead atoms. The number of fused-ring (bicyclic) bond motifs is 2. The zero-order chi connectivity index (χ0) is 28.9. The van der Waals surface area contributed by atoms with Crippen molar-refractivity contribution in [2.24, 2.45) is 0 Å². The van der Waals surface area contributed by atoms with Crippen molar-refractivity contribution in [3.05, 3.63) is 77.2 Å². The summed E-state index contributed by atoms with van der Waals surface area (Å²) in [6.45, 7) is 1.93. The van der Waals surface area contributed by atoms with Crippen LogP contribution >= 0.6 is 0 Å². The Bertz CT molecular complexity index is 1770. The Hall–Kier alpha value is -3.74. The van der Waals surface area contributed by atoms with Gasteiger partial charge in [0.1, 0.15) is 11.6 Å². The largest absolute Gasteiger partial charge is 0.388 e. The third-order valence-corrected chi connectivity index (χ3v) is 9.12. The van der Waals surface area contributed by atoms with Crippen molar-refractivity contribution in [2.45, 2.75) is 42.7 Å². The quantitative estimate of drug-likeness (QED) is 0.293. The van der Waals surface area contributed by atoms with Gasteiger partial charge in [-0.3, -0.25) is 4.72 Å². The van der Waals surface area contributed by atoms with Crippen molar-refractivity contribution >= 4 is 32.6 Å². The molecule has 2 unspecified atom stereocenters. The van der Waals surface area contributed by atoms with Crippen molar-refractivity contribution < 1.29 is 26.7 Å². The lowest BCUT2D eigenvalue weighted by atomic mass is 10.0. The molecule has 1 aliphatic carbocycles. The molecule has 12 heteroatoms. The van der Waals surface area contributed by atoms with E-state index in [4.69, 9.17) is 0 Å². The molecule has 41 heavy (non-hydrogen) atoms. The van der Waals surface area contributed by atoms with Crippen molar-refractivity contribution in [2.75, 3.05) is 30.2 Å². The maximum Gasteiger partial charge on any atom is 0.262 e. The lowest BCUT2D eigenvalue weighted by Gasteiger charge is -2.30. The number of rotatable bonds is 6. The van der Waals surface area contributed by atoms with E-state index in [1.54, 1.807) is 12.3 Å². The van der Waals surface area contributed by atoms with E-state index in [0.29, 0.717) is 16.9 Å². The number of likely N-dealkylation sites (tertiary alicyclic amines) is 1. The maximum absolute atomic E-state index is 15.7. The standard InChI is InChI=1S/C29H28F3N5O3S/c1-37-10-2-3-19(15-37)34-29-33-14-17-11-16(4-7-23(17)35-29)27-22(31)6-8-24(28(27)32)36-41(39,40)26-13-18(30)12-21-20(26)5-9-25(21)38/h4,6-8,11-14,19,25,36,38H,2-3,5,9-10,15H2,1H3,(H,33,34,35). The summed E-state index contributed by atoms with van der Waals surface area (Å²) in [5.41, 5.74) is 0.281. The van der Waals surface area contributed by atoms with E-state index in [1.807, 2.05) is 0 Å². The third kappa shape index (κ3) is 5.34. The number of aromatic nitrogens is 2. The molecule has 1 aliphatic heterocycles. The van der Waals surface area contributed by atoms with Crippen LogP contribution in [0.1, 0.15) is 36.5 Å². The van der Waals surface area contributed by atoms with E-state index in [-0.39, 0.29) is 40.5 Å². The fraction of sp³-hybridized carbons (Fsp3) is 0.310. The second kappa shape index (κ2) is 10.6. The fourth-order valence-electron chi connectivity index (χ4n) is 5.69. The first kappa shape index (κ1) is 27.4. The zero-order valence-electron chi connectivity index (χ0n) is 22.2. The average Bonchev–Trinajstić information content (AvgIpc) is 3.30. The normalized spacial score (nSPS) is 19.3. The summed E-state index contributed by atoms with van der Waals surface area (Å²) in [5, 5.41) is 14.0. The zero-order valence-corrected chi connectivity index (χ0v) is 23.0. The number of piperidine rings is 1. The molecule has 8 nitrogen and oxygen atoms in total. The molecule has 0 radical (unpaired) electrons. The topological polar surface area (TPSA) is 107 Å². The summed E-state index contributed by atoms with van der Waals surface area (Å²) >= 11 is 0. The molecule has 0 spiro atoms. The van der Waals surface area contributed by atoms with E-state index >= 15 is 4.39 Å². The van der Waals surface area contributed by atoms with Crippen LogP contribution in [0.2, 0.25) is 0 Å². The number of hydrogen-bond donors (Lipinski definition) is 3. The smallest absolute Gasteiger partial charge is 0.262 e. The summed E-state index contributed by atoms with van der Waals surface area (Å²) in [4.78, 5) is 10.8. The van der Waals surface area contributed by atoms with Crippen LogP contribution in [0.4, 0.5) is 24.8 Å². The monoisotopic (exact) mass is 583 g/mol. The van der Waals surface area contributed by atoms with Crippen LogP contribution in [0.15, 0.2) is 53.6 Å². The number of likely N-dealkylation sites (N-methyl/N-ethyl adjacent to an activating group) is 1. The molecule has 3 aromatic carbocycles. The predicted octanol–water partition coefficient (Wildman–Crippen LogP) is 5.00. The minimum absolute atomic E-state index is 0.168. The number of benzene rings is 3. The Kier molecular flexibility index (Phi) is 7.08. The van der Waals surface area contributed by atoms with Gasteiger partial charge in [-0.15, -0.1) is 0 Å². The van der Waals surface area contributed by atoms with Gasteiger partial charge in [-0.2, -0.15) is 0 Å². The Labute approximate surface area is 235 Å². The molecule has 6 rings (SSSR count). The molecule has 1 aromatic heterocycles. The van der Waals surface area contributed by atoms with Crippen molar-refractivity contribution in [3.8, 4) is 11.1 Å². The van der Waals surface area contributed by atoms with Crippen molar-refractivity contribution in [1.82, 2.24) is 14.9 Å². The van der Waals surface area contributed by atoms with Gasteiger partial charge in [0.05, 0.1) is 27.8 Å². The average molecular weight is 584 g/mol. The highest BCUT2D eigenvalue weighted by atomic mass is 32.2. The number of sulfonamides is 1. The summed E-state index contributed by atoms with van der Waals surface area (Å²) in [5.74, 6) is -2.38. The van der Waals surface area contributed by atoms with Crippen LogP contribution in [-0.4, -0.2) is 54.6 Å². The number of halogens is 3. The number of anilines is 2. The highest BCUT2D eigenvalue weighted by molar-refractivity contribution is 7.92. The van der Waals surface area contributed by atoms with Crippen LogP contribution in [0.5, 0.6) is 0 Å². The van der Waals surface area contributed by atoms with Crippen molar-refractivity contribution in [1.29, 1.82) is 0 Å². The molecule has 0 amide bonds. The van der Waals surface area contributed by atoms with Gasteiger partial charge in [-0.1, -0.05) is 6.07 Å². The molecule has 1 saturated heterocycles. The van der Waals surface area contributed by atoms with Gasteiger partial charge in [0.15, 0.2) is 5.82 Å². The third-order valence-electron chi connectivity index (χ3n) is 7.69. The highest BCUT2D eigenvalue weighted by Gasteiger charge is 2.30. The second-order valence-corrected chi connectivity index (χ2v) is 12.3. The molecule has 214 valence electrons. The minimum Gasteiger partial charge on any atom is -0.388 e. The van der Waals surface area contributed by atoms with E-state index in [1.165, 1.54) is 12.1 Å². The van der Waals surface area contributed by atoms with Gasteiger partial charge < -0.3 is 15.3 Å². The predicted molar refractivity (Wildman–Crippen MR) is 150 cm³/mol. The first-order valence-electron chi connectivity index (χ1n) is 13.3. The summed E-state index contributed by atoms with van der Waals surface area (Å²) in [6, 6.07) is 8.76. The van der Waals surface area contributed by atoms with Gasteiger partial charge in [-0.05, 0) is 92.4 Å². The van der Waals surface area contributed by atoms with Gasteiger partial charge in [0.25, 0.3) is 10.0 Å². The van der Waals surface area contributed by atoms with Crippen LogP contribution in [-0.2, 0) is 16.4 Å². The highest BCUT2D eigenvalue weighted by Crippen LogP contribution is 2.38. The van der Waals surface area contributed by atoms with Crippen LogP contribution in [0, 0.1) is 17.5 Å². The lowest BCUT2D eigenvalue weighted by molar-refractivity contribution is 0.179. The first-order valence-corrected chi connectivity index (χ1v) is 14.8. The molecule has 3 N–H and O–H groups in total. The van der Waals surface area contributed by atoms with E-state index < -0.39 is 44.8 Å². The first-order chi connectivity index (χ1) is 19.6. The van der Waals surface area contributed by atoms with Crippen molar-refractivity contribution in [3.63, 3.8) is 0 Å². The van der Waals surface area contributed by atoms with Gasteiger partial charge in [-0.25, -0.2) is 31.6 Å². The fourth-order valence-corrected chi connectivity index (χ4v) is 7.06. The van der Waals surface area contributed by atoms with Crippen LogP contribution in [0.3, 0.4) is 0 Å². The number of aliphatic hydroxyl groups excluding tert-OH is 1. The Morgan fingerprint density at radius 3 is 2.71 bits per heavy atom.